The molecule has 0 aliphatic rings. The van der Waals surface area contributed by atoms with Crippen LogP contribution < -0.4 is 0 Å². The van der Waals surface area contributed by atoms with Crippen LogP contribution in [0.5, 0.6) is 0 Å². The van der Waals surface area contributed by atoms with Crippen LogP contribution >= 0.6 is 0 Å². The molecule has 0 aromatic carbocycles. The number of esters is 1. The first-order valence-corrected chi connectivity index (χ1v) is 12.4. The van der Waals surface area contributed by atoms with Gasteiger partial charge in [0, 0.05) is 17.7 Å². The number of nitrogens with zero attached hydrogens (tertiary/aromatic N) is 1. The van der Waals surface area contributed by atoms with Crippen LogP contribution in [0.15, 0.2) is 71.9 Å². The molecule has 4 nitrogen and oxygen atoms in total. The van der Waals surface area contributed by atoms with Gasteiger partial charge in [-0.05, 0) is 58.3 Å². The van der Waals surface area contributed by atoms with Crippen LogP contribution in [0.1, 0.15) is 78.6 Å². The highest BCUT2D eigenvalue weighted by Gasteiger charge is 2.31. The lowest BCUT2D eigenvalue weighted by Crippen LogP contribution is -2.19. The molecule has 200 valence electrons. The van der Waals surface area contributed by atoms with Crippen molar-refractivity contribution in [3.63, 3.8) is 0 Å². The number of hydrogen-bond acceptors (Lipinski definition) is 3. The van der Waals surface area contributed by atoms with Crippen LogP contribution in [-0.4, -0.2) is 28.4 Å². The van der Waals surface area contributed by atoms with Gasteiger partial charge < -0.3 is 4.74 Å². The molecule has 0 bridgehead atoms. The van der Waals surface area contributed by atoms with E-state index in [-0.39, 0.29) is 12.4 Å². The number of rotatable bonds is 11. The number of carbonyl (C=O) groups is 1. The van der Waals surface area contributed by atoms with E-state index in [1.54, 1.807) is 19.9 Å². The van der Waals surface area contributed by atoms with E-state index in [9.17, 15) is 18.0 Å². The Labute approximate surface area is 214 Å². The molecular weight excluding hydrogens is 465 g/mol. The minimum atomic E-state index is -4.38. The Hall–Kier alpha value is -3.09. The molecule has 1 unspecified atom stereocenters. The Balaban J connectivity index is 0.000000717. The van der Waals surface area contributed by atoms with Gasteiger partial charge in [-0.15, -0.1) is 0 Å². The maximum Gasteiger partial charge on any atom is 0.416 e. The zero-order chi connectivity index (χ0) is 27.6. The van der Waals surface area contributed by atoms with Crippen molar-refractivity contribution in [3.05, 3.63) is 83.3 Å². The van der Waals surface area contributed by atoms with Gasteiger partial charge in [0.25, 0.3) is 0 Å². The van der Waals surface area contributed by atoms with E-state index in [0.717, 1.165) is 42.0 Å². The van der Waals surface area contributed by atoms with Crippen LogP contribution in [0.25, 0.3) is 5.57 Å². The third-order valence-electron chi connectivity index (χ3n) is 4.91. The summed E-state index contributed by atoms with van der Waals surface area (Å²) in [5.74, 6) is -0.358. The zero-order valence-electron chi connectivity index (χ0n) is 22.6. The average molecular weight is 507 g/mol. The fraction of sp³-hybridized carbons (Fsp3) is 0.448. The summed E-state index contributed by atoms with van der Waals surface area (Å²) >= 11 is 0. The van der Waals surface area contributed by atoms with Crippen LogP contribution in [0.4, 0.5) is 13.2 Å². The second-order valence-corrected chi connectivity index (χ2v) is 7.88. The molecule has 1 rings (SSSR count). The number of nitrogens with one attached hydrogen (secondary N) is 1. The fourth-order valence-corrected chi connectivity index (χ4v) is 3.01. The van der Waals surface area contributed by atoms with Crippen LogP contribution in [0.2, 0.25) is 0 Å². The summed E-state index contributed by atoms with van der Waals surface area (Å²) in [4.78, 5) is 11.4. The van der Waals surface area contributed by atoms with Crippen molar-refractivity contribution in [1.29, 1.82) is 0 Å². The number of ether oxygens (including phenoxy) is 1. The number of hydrogen-bond donors (Lipinski definition) is 1. The lowest BCUT2D eigenvalue weighted by atomic mass is 10.0. The highest BCUT2D eigenvalue weighted by molar-refractivity contribution is 5.73. The van der Waals surface area contributed by atoms with Gasteiger partial charge in [0.05, 0.1) is 11.3 Å². The first kappa shape index (κ1) is 32.9. The molecule has 1 atom stereocenters. The molecule has 0 fully saturated rings. The number of aromatic nitrogens is 2. The predicted molar refractivity (Wildman–Crippen MR) is 143 cm³/mol. The Morgan fingerprint density at radius 1 is 1.11 bits per heavy atom. The molecule has 1 aromatic rings. The van der Waals surface area contributed by atoms with Crippen LogP contribution in [-0.2, 0) is 9.53 Å². The third-order valence-corrected chi connectivity index (χ3v) is 4.91. The third kappa shape index (κ3) is 13.1. The van der Waals surface area contributed by atoms with E-state index >= 15 is 0 Å². The summed E-state index contributed by atoms with van der Waals surface area (Å²) in [5.41, 5.74) is 3.05. The number of allylic oxidation sites excluding steroid dienone is 10. The molecule has 36 heavy (non-hydrogen) atoms. The topological polar surface area (TPSA) is 55.0 Å². The van der Waals surface area contributed by atoms with E-state index in [2.05, 4.69) is 41.4 Å². The summed E-state index contributed by atoms with van der Waals surface area (Å²) in [6.45, 7) is 12.8. The van der Waals surface area contributed by atoms with Crippen molar-refractivity contribution < 1.29 is 22.7 Å². The molecule has 1 heterocycles. The molecule has 7 heteroatoms. The molecule has 0 radical (unpaired) electrons. The fourth-order valence-electron chi connectivity index (χ4n) is 3.01. The van der Waals surface area contributed by atoms with Crippen molar-refractivity contribution in [2.45, 2.75) is 86.4 Å². The van der Waals surface area contributed by atoms with E-state index in [4.69, 9.17) is 4.74 Å². The van der Waals surface area contributed by atoms with Crippen molar-refractivity contribution in [2.24, 2.45) is 0 Å². The van der Waals surface area contributed by atoms with E-state index < -0.39 is 17.9 Å². The predicted octanol–water partition coefficient (Wildman–Crippen LogP) is 8.76. The van der Waals surface area contributed by atoms with Crippen molar-refractivity contribution in [2.75, 3.05) is 0 Å². The van der Waals surface area contributed by atoms with Crippen LogP contribution in [0.3, 0.4) is 0 Å². The van der Waals surface area contributed by atoms with Gasteiger partial charge in [-0.1, -0.05) is 75.8 Å². The van der Waals surface area contributed by atoms with Gasteiger partial charge >= 0.3 is 12.1 Å². The molecule has 0 aliphatic carbocycles. The minimum Gasteiger partial charge on any atom is -0.457 e. The number of carbonyl (C=O) groups excluding carboxylic acids is 1. The standard InChI is InChI=1S/C16H23F3O2.C13H18N2/c1-5-9-14(21-15(20)8-4)12(6-2)10-11-13(7-3)16(17,18)19;1-4-6-7-9-12(8-5-2)13-10-11(3)14-15-13/h6-7,10-11,14H,5,8-9H2,1-4H3;5-10H,4H2,1-3H3,(H,14,15)/b11-10-,12-6+,13-7+;7-6+,8-5-,12-9+. The van der Waals surface area contributed by atoms with E-state index in [1.807, 2.05) is 32.9 Å². The van der Waals surface area contributed by atoms with E-state index in [1.165, 1.54) is 13.0 Å². The average Bonchev–Trinajstić information content (AvgIpc) is 3.27. The quantitative estimate of drug-likeness (QED) is 0.241. The molecule has 0 aliphatic heterocycles. The lowest BCUT2D eigenvalue weighted by molar-refractivity contribution is -0.147. The highest BCUT2D eigenvalue weighted by Crippen LogP contribution is 2.27. The molecule has 0 saturated heterocycles. The first-order valence-electron chi connectivity index (χ1n) is 12.4. The Bertz CT molecular complexity index is 961. The molecular formula is C29H41F3N2O2. The normalized spacial score (nSPS) is 14.4. The number of aromatic amines is 1. The van der Waals surface area contributed by atoms with Crippen LogP contribution in [0, 0.1) is 6.92 Å². The summed E-state index contributed by atoms with van der Waals surface area (Å²) in [6.07, 6.45) is 13.2. The number of halogens is 3. The number of alkyl halides is 3. The summed E-state index contributed by atoms with van der Waals surface area (Å²) in [7, 11) is 0. The molecule has 0 amide bonds. The second-order valence-electron chi connectivity index (χ2n) is 7.88. The van der Waals surface area contributed by atoms with Crippen molar-refractivity contribution >= 4 is 11.5 Å². The Morgan fingerprint density at radius 2 is 1.81 bits per heavy atom. The number of aryl methyl sites for hydroxylation is 1. The number of H-pyrrole nitrogens is 1. The van der Waals surface area contributed by atoms with Gasteiger partial charge in [-0.2, -0.15) is 18.3 Å². The Kier molecular flexibility index (Phi) is 16.7. The van der Waals surface area contributed by atoms with Gasteiger partial charge in [-0.3, -0.25) is 9.89 Å². The van der Waals surface area contributed by atoms with E-state index in [0.29, 0.717) is 12.0 Å². The minimum absolute atomic E-state index is 0.240. The maximum atomic E-state index is 12.7. The molecule has 1 aromatic heterocycles. The molecule has 0 spiro atoms. The summed E-state index contributed by atoms with van der Waals surface area (Å²) in [6, 6.07) is 2.05. The lowest BCUT2D eigenvalue weighted by Gasteiger charge is -2.18. The van der Waals surface area contributed by atoms with Gasteiger partial charge in [-0.25, -0.2) is 0 Å². The SMILES string of the molecule is C\C=C(/C=C\C(=C/C)C(F)(F)F)C(CCC)OC(=O)CC.C\C=C/C(=C\C=C\CC)c1cc(C)[nH]n1. The van der Waals surface area contributed by atoms with Gasteiger partial charge in [0.1, 0.15) is 6.10 Å². The smallest absolute Gasteiger partial charge is 0.416 e. The maximum absolute atomic E-state index is 12.7. The van der Waals surface area contributed by atoms with Crippen molar-refractivity contribution in [3.8, 4) is 0 Å². The van der Waals surface area contributed by atoms with Gasteiger partial charge in [0.15, 0.2) is 0 Å². The van der Waals surface area contributed by atoms with Gasteiger partial charge in [0.2, 0.25) is 0 Å². The summed E-state index contributed by atoms with van der Waals surface area (Å²) in [5, 5.41) is 7.18. The largest absolute Gasteiger partial charge is 0.457 e. The zero-order valence-corrected chi connectivity index (χ0v) is 22.6. The summed E-state index contributed by atoms with van der Waals surface area (Å²) < 4.78 is 43.3. The van der Waals surface area contributed by atoms with Crippen molar-refractivity contribution in [1.82, 2.24) is 10.2 Å². The second kappa shape index (κ2) is 18.2. The molecule has 1 N–H and O–H groups in total. The monoisotopic (exact) mass is 506 g/mol. The first-order chi connectivity index (χ1) is 17.1. The Morgan fingerprint density at radius 3 is 2.25 bits per heavy atom. The highest BCUT2D eigenvalue weighted by atomic mass is 19.4. The molecule has 0 saturated carbocycles.